The molecule has 0 aliphatic carbocycles. The van der Waals surface area contributed by atoms with Crippen LogP contribution in [-0.2, 0) is 16.0 Å². The predicted molar refractivity (Wildman–Crippen MR) is 95.3 cm³/mol. The fourth-order valence-corrected chi connectivity index (χ4v) is 2.59. The van der Waals surface area contributed by atoms with Crippen molar-refractivity contribution in [3.63, 3.8) is 0 Å². The molecule has 0 fully saturated rings. The van der Waals surface area contributed by atoms with Crippen molar-refractivity contribution >= 4 is 29.3 Å². The highest BCUT2D eigenvalue weighted by Crippen LogP contribution is 2.18. The van der Waals surface area contributed by atoms with Crippen LogP contribution in [0.1, 0.15) is 29.8 Å². The van der Waals surface area contributed by atoms with Gasteiger partial charge in [0.1, 0.15) is 5.03 Å². The van der Waals surface area contributed by atoms with E-state index in [1.807, 2.05) is 30.5 Å². The minimum atomic E-state index is -0.904. The molecule has 24 heavy (non-hydrogen) atoms. The molecule has 1 heterocycles. The first-order valence-electron chi connectivity index (χ1n) is 7.65. The van der Waals surface area contributed by atoms with Crippen molar-refractivity contribution in [3.8, 4) is 0 Å². The molecule has 6 heteroatoms. The Morgan fingerprint density at radius 1 is 1.25 bits per heavy atom. The predicted octanol–water partition coefficient (Wildman–Crippen LogP) is 3.55. The molecule has 0 spiro atoms. The van der Waals surface area contributed by atoms with Crippen LogP contribution in [0, 0.1) is 0 Å². The summed E-state index contributed by atoms with van der Waals surface area (Å²) in [4.78, 5) is 28.5. The molecular weight excluding hydrogens is 324 g/mol. The number of nitrogens with zero attached hydrogens (tertiary/aromatic N) is 1. The minimum absolute atomic E-state index is 0.358. The molecule has 0 saturated carbocycles. The summed E-state index contributed by atoms with van der Waals surface area (Å²) in [6, 6.07) is 10.9. The van der Waals surface area contributed by atoms with Crippen LogP contribution in [0.15, 0.2) is 47.6 Å². The van der Waals surface area contributed by atoms with Gasteiger partial charge in [0.2, 0.25) is 0 Å². The van der Waals surface area contributed by atoms with Crippen LogP contribution < -0.4 is 5.32 Å². The number of hydrogen-bond acceptors (Lipinski definition) is 5. The summed E-state index contributed by atoms with van der Waals surface area (Å²) in [7, 11) is 0. The van der Waals surface area contributed by atoms with Crippen molar-refractivity contribution in [2.75, 3.05) is 11.6 Å². The molecule has 5 nitrogen and oxygen atoms in total. The van der Waals surface area contributed by atoms with Gasteiger partial charge in [0.25, 0.3) is 5.91 Å². The Hall–Kier alpha value is -2.34. The van der Waals surface area contributed by atoms with Crippen molar-refractivity contribution in [1.29, 1.82) is 0 Å². The van der Waals surface area contributed by atoms with E-state index in [9.17, 15) is 9.59 Å². The monoisotopic (exact) mass is 344 g/mol. The molecule has 0 aliphatic heterocycles. The Morgan fingerprint density at radius 2 is 1.96 bits per heavy atom. The zero-order valence-electron chi connectivity index (χ0n) is 13.9. The van der Waals surface area contributed by atoms with Gasteiger partial charge in [0.05, 0.1) is 5.56 Å². The van der Waals surface area contributed by atoms with Crippen LogP contribution in [0.25, 0.3) is 0 Å². The second-order valence-corrected chi connectivity index (χ2v) is 5.94. The first-order valence-corrected chi connectivity index (χ1v) is 8.87. The number of hydrogen-bond donors (Lipinski definition) is 1. The number of benzene rings is 1. The van der Waals surface area contributed by atoms with E-state index < -0.39 is 12.1 Å². The van der Waals surface area contributed by atoms with Crippen LogP contribution in [0.3, 0.4) is 0 Å². The van der Waals surface area contributed by atoms with Gasteiger partial charge >= 0.3 is 5.97 Å². The van der Waals surface area contributed by atoms with Crippen LogP contribution in [0.4, 0.5) is 5.69 Å². The number of aromatic nitrogens is 1. The molecule has 2 aromatic rings. The molecular formula is C18H20N2O3S. The van der Waals surface area contributed by atoms with E-state index >= 15 is 0 Å². The number of rotatable bonds is 6. The van der Waals surface area contributed by atoms with E-state index in [0.29, 0.717) is 16.3 Å². The first kappa shape index (κ1) is 18.0. The summed E-state index contributed by atoms with van der Waals surface area (Å²) < 4.78 is 5.25. The minimum Gasteiger partial charge on any atom is -0.449 e. The third-order valence-corrected chi connectivity index (χ3v) is 4.18. The van der Waals surface area contributed by atoms with Crippen molar-refractivity contribution in [1.82, 2.24) is 4.98 Å². The molecule has 1 amide bonds. The number of thioether (sulfide) groups is 1. The number of carbonyl (C=O) groups is 2. The standard InChI is InChI=1S/C18H20N2O3S/c1-4-13-7-9-14(10-8-13)20-16(21)12(2)23-18(22)15-6-5-11-19-17(15)24-3/h5-12H,4H2,1-3H3,(H,20,21). The molecule has 0 aliphatic rings. The number of anilines is 1. The number of carbonyl (C=O) groups excluding carboxylic acids is 2. The van der Waals surface area contributed by atoms with Gasteiger partial charge in [-0.2, -0.15) is 0 Å². The highest BCUT2D eigenvalue weighted by Gasteiger charge is 2.21. The highest BCUT2D eigenvalue weighted by atomic mass is 32.2. The van der Waals surface area contributed by atoms with Gasteiger partial charge in [-0.05, 0) is 49.4 Å². The van der Waals surface area contributed by atoms with Gasteiger partial charge in [-0.25, -0.2) is 9.78 Å². The lowest BCUT2D eigenvalue weighted by Gasteiger charge is -2.14. The molecule has 0 saturated heterocycles. The Kier molecular flexibility index (Phi) is 6.37. The summed E-state index contributed by atoms with van der Waals surface area (Å²) in [5.41, 5.74) is 2.22. The fraction of sp³-hybridized carbons (Fsp3) is 0.278. The third kappa shape index (κ3) is 4.58. The number of esters is 1. The molecule has 126 valence electrons. The Bertz CT molecular complexity index is 716. The lowest BCUT2D eigenvalue weighted by molar-refractivity contribution is -0.123. The summed E-state index contributed by atoms with van der Waals surface area (Å²) in [6.45, 7) is 3.61. The number of ether oxygens (including phenoxy) is 1. The lowest BCUT2D eigenvalue weighted by Crippen LogP contribution is -2.30. The zero-order valence-corrected chi connectivity index (χ0v) is 14.7. The molecule has 1 atom stereocenters. The van der Waals surface area contributed by atoms with Gasteiger partial charge in [-0.15, -0.1) is 11.8 Å². The van der Waals surface area contributed by atoms with Crippen LogP contribution in [0.5, 0.6) is 0 Å². The smallest absolute Gasteiger partial charge is 0.341 e. The second-order valence-electron chi connectivity index (χ2n) is 5.15. The normalized spacial score (nSPS) is 11.6. The first-order chi connectivity index (χ1) is 11.5. The quantitative estimate of drug-likeness (QED) is 0.641. The summed E-state index contributed by atoms with van der Waals surface area (Å²) in [5.74, 6) is -0.932. The summed E-state index contributed by atoms with van der Waals surface area (Å²) in [6.07, 6.45) is 3.47. The van der Waals surface area contributed by atoms with E-state index in [0.717, 1.165) is 6.42 Å². The maximum absolute atomic E-state index is 12.2. The second kappa shape index (κ2) is 8.49. The molecule has 1 aromatic heterocycles. The van der Waals surface area contributed by atoms with E-state index in [1.165, 1.54) is 17.3 Å². The number of nitrogens with one attached hydrogen (secondary N) is 1. The zero-order chi connectivity index (χ0) is 17.5. The SMILES string of the molecule is CCc1ccc(NC(=O)C(C)OC(=O)c2cccnc2SC)cc1. The third-order valence-electron chi connectivity index (χ3n) is 3.47. The molecule has 0 radical (unpaired) electrons. The Labute approximate surface area is 145 Å². The maximum Gasteiger partial charge on any atom is 0.341 e. The summed E-state index contributed by atoms with van der Waals surface area (Å²) in [5, 5.41) is 3.32. The molecule has 2 rings (SSSR count). The highest BCUT2D eigenvalue weighted by molar-refractivity contribution is 7.98. The van der Waals surface area contributed by atoms with E-state index in [4.69, 9.17) is 4.74 Å². The van der Waals surface area contributed by atoms with Crippen LogP contribution >= 0.6 is 11.8 Å². The topological polar surface area (TPSA) is 68.3 Å². The molecule has 1 N–H and O–H groups in total. The van der Waals surface area contributed by atoms with E-state index in [-0.39, 0.29) is 5.91 Å². The molecule has 0 bridgehead atoms. The Morgan fingerprint density at radius 3 is 2.58 bits per heavy atom. The van der Waals surface area contributed by atoms with Crippen LogP contribution in [-0.4, -0.2) is 29.2 Å². The van der Waals surface area contributed by atoms with E-state index in [1.54, 1.807) is 25.3 Å². The molecule has 1 aromatic carbocycles. The van der Waals surface area contributed by atoms with Gasteiger partial charge in [0, 0.05) is 11.9 Å². The lowest BCUT2D eigenvalue weighted by atomic mass is 10.1. The summed E-state index contributed by atoms with van der Waals surface area (Å²) >= 11 is 1.35. The van der Waals surface area contributed by atoms with Crippen molar-refractivity contribution in [2.24, 2.45) is 0 Å². The average molecular weight is 344 g/mol. The van der Waals surface area contributed by atoms with E-state index in [2.05, 4.69) is 17.2 Å². The fourth-order valence-electron chi connectivity index (χ4n) is 2.05. The number of aryl methyl sites for hydroxylation is 1. The maximum atomic E-state index is 12.2. The van der Waals surface area contributed by atoms with Crippen molar-refractivity contribution < 1.29 is 14.3 Å². The molecule has 1 unspecified atom stereocenters. The van der Waals surface area contributed by atoms with Crippen LogP contribution in [0.2, 0.25) is 0 Å². The largest absolute Gasteiger partial charge is 0.449 e. The van der Waals surface area contributed by atoms with Gasteiger partial charge in [0.15, 0.2) is 6.10 Å². The van der Waals surface area contributed by atoms with Gasteiger partial charge in [-0.1, -0.05) is 19.1 Å². The van der Waals surface area contributed by atoms with Gasteiger partial charge < -0.3 is 10.1 Å². The number of pyridine rings is 1. The number of amides is 1. The van der Waals surface area contributed by atoms with Crippen molar-refractivity contribution in [3.05, 3.63) is 53.7 Å². The van der Waals surface area contributed by atoms with Crippen molar-refractivity contribution in [2.45, 2.75) is 31.4 Å². The van der Waals surface area contributed by atoms with Gasteiger partial charge in [-0.3, -0.25) is 4.79 Å². The average Bonchev–Trinajstić information content (AvgIpc) is 2.62. The Balaban J connectivity index is 1.98.